The number of hydrogen-bond acceptors (Lipinski definition) is 6. The number of aromatic nitrogens is 1. The molecule has 0 N–H and O–H groups in total. The number of thiophene rings is 1. The van der Waals surface area contributed by atoms with Gasteiger partial charge in [0.25, 0.3) is 5.91 Å². The van der Waals surface area contributed by atoms with Gasteiger partial charge in [-0.3, -0.25) is 9.69 Å². The van der Waals surface area contributed by atoms with Crippen LogP contribution in [0.3, 0.4) is 0 Å². The van der Waals surface area contributed by atoms with Gasteiger partial charge in [0.2, 0.25) is 0 Å². The summed E-state index contributed by atoms with van der Waals surface area (Å²) in [5.74, 6) is -0.279. The van der Waals surface area contributed by atoms with E-state index in [2.05, 4.69) is 20.3 Å². The molecular weight excluding hydrogens is 475 g/mol. The fourth-order valence-corrected chi connectivity index (χ4v) is 5.45. The third-order valence-corrected chi connectivity index (χ3v) is 7.31. The van der Waals surface area contributed by atoms with Crippen molar-refractivity contribution in [3.63, 3.8) is 0 Å². The molecule has 0 atom stereocenters. The second-order valence-corrected chi connectivity index (χ2v) is 9.46. The van der Waals surface area contributed by atoms with Crippen LogP contribution >= 0.6 is 23.7 Å². The number of carbonyl (C=O) groups is 1. The maximum atomic E-state index is 13.5. The number of piperazine rings is 1. The van der Waals surface area contributed by atoms with Crippen molar-refractivity contribution in [2.45, 2.75) is 12.8 Å². The molecule has 2 aromatic heterocycles. The number of unbranched alkanes of at least 4 members (excludes halogenated alkanes) is 1. The van der Waals surface area contributed by atoms with Crippen LogP contribution in [0.2, 0.25) is 0 Å². The first-order chi connectivity index (χ1) is 16.1. The number of carbonyl (C=O) groups excluding carboxylic acids is 1. The van der Waals surface area contributed by atoms with Crippen LogP contribution in [-0.4, -0.2) is 67.2 Å². The molecule has 1 aliphatic rings. The molecule has 4 aromatic rings. The van der Waals surface area contributed by atoms with E-state index in [-0.39, 0.29) is 24.1 Å². The number of amides is 1. The van der Waals surface area contributed by atoms with E-state index < -0.39 is 0 Å². The Morgan fingerprint density at radius 1 is 1.12 bits per heavy atom. The number of halogens is 2. The van der Waals surface area contributed by atoms with E-state index in [0.717, 1.165) is 61.0 Å². The third kappa shape index (κ3) is 5.04. The molecule has 1 aliphatic heterocycles. The van der Waals surface area contributed by atoms with Gasteiger partial charge in [0.15, 0.2) is 11.3 Å². The first-order valence-electron chi connectivity index (χ1n) is 11.3. The highest BCUT2D eigenvalue weighted by Crippen LogP contribution is 2.34. The smallest absolute Gasteiger partial charge is 0.276 e. The highest BCUT2D eigenvalue weighted by molar-refractivity contribution is 7.17. The summed E-state index contributed by atoms with van der Waals surface area (Å²) in [4.78, 5) is 19.4. The minimum atomic E-state index is -0.178. The number of rotatable bonds is 7. The van der Waals surface area contributed by atoms with Gasteiger partial charge in [-0.05, 0) is 49.7 Å². The van der Waals surface area contributed by atoms with Crippen molar-refractivity contribution in [2.75, 3.05) is 51.2 Å². The molecule has 0 aliphatic carbocycles. The van der Waals surface area contributed by atoms with Crippen LogP contribution < -0.4 is 4.90 Å². The number of hydrogen-bond donors (Lipinski definition) is 0. The summed E-state index contributed by atoms with van der Waals surface area (Å²) in [5, 5.41) is 8.02. The van der Waals surface area contributed by atoms with E-state index in [1.54, 1.807) is 28.4 Å². The van der Waals surface area contributed by atoms with Gasteiger partial charge in [-0.25, -0.2) is 4.39 Å². The summed E-state index contributed by atoms with van der Waals surface area (Å²) in [6.07, 6.45) is 1.98. The Bertz CT molecular complexity index is 1270. The van der Waals surface area contributed by atoms with Crippen molar-refractivity contribution in [1.82, 2.24) is 15.0 Å². The summed E-state index contributed by atoms with van der Waals surface area (Å²) in [7, 11) is 1.82. The topological polar surface area (TPSA) is 52.8 Å². The van der Waals surface area contributed by atoms with E-state index in [1.165, 1.54) is 5.69 Å². The van der Waals surface area contributed by atoms with Crippen molar-refractivity contribution >= 4 is 56.4 Å². The summed E-state index contributed by atoms with van der Waals surface area (Å²) in [6, 6.07) is 12.5. The molecule has 0 saturated carbocycles. The highest BCUT2D eigenvalue weighted by Gasteiger charge is 2.21. The van der Waals surface area contributed by atoms with Gasteiger partial charge in [0.05, 0.1) is 11.1 Å². The predicted molar refractivity (Wildman–Crippen MR) is 138 cm³/mol. The summed E-state index contributed by atoms with van der Waals surface area (Å²) in [6.45, 7) is 5.69. The normalized spacial score (nSPS) is 14.5. The molecule has 1 fully saturated rings. The molecule has 0 radical (unpaired) electrons. The molecule has 0 bridgehead atoms. The molecule has 9 heteroatoms. The average molecular weight is 503 g/mol. The molecule has 3 heterocycles. The fraction of sp³-hybridized carbons (Fsp3) is 0.360. The molecule has 1 amide bonds. The van der Waals surface area contributed by atoms with Crippen LogP contribution in [-0.2, 0) is 0 Å². The lowest BCUT2D eigenvalue weighted by Crippen LogP contribution is -2.46. The zero-order chi connectivity index (χ0) is 22.8. The van der Waals surface area contributed by atoms with Crippen molar-refractivity contribution < 1.29 is 13.7 Å². The lowest BCUT2D eigenvalue weighted by molar-refractivity contribution is 0.0783. The Morgan fingerprint density at radius 3 is 2.74 bits per heavy atom. The zero-order valence-electron chi connectivity index (χ0n) is 19.1. The van der Waals surface area contributed by atoms with E-state index >= 15 is 0 Å². The minimum absolute atomic E-state index is 0. The third-order valence-electron chi connectivity index (χ3n) is 6.37. The van der Waals surface area contributed by atoms with Crippen LogP contribution in [0.1, 0.15) is 23.3 Å². The Morgan fingerprint density at radius 2 is 1.91 bits per heavy atom. The molecule has 6 nitrogen and oxygen atoms in total. The molecule has 34 heavy (non-hydrogen) atoms. The highest BCUT2D eigenvalue weighted by atomic mass is 35.5. The van der Waals surface area contributed by atoms with Crippen LogP contribution in [0, 0.1) is 5.82 Å². The molecule has 5 rings (SSSR count). The SMILES string of the molecule is CN(CCCCN1CCN(c2csc3cc(F)ccc23)CC1)C(=O)c1noc2ccccc12.Cl. The predicted octanol–water partition coefficient (Wildman–Crippen LogP) is 5.28. The quantitative estimate of drug-likeness (QED) is 0.322. The van der Waals surface area contributed by atoms with E-state index in [9.17, 15) is 9.18 Å². The standard InChI is InChI=1S/C25H27FN4O2S.ClH/c1-28(25(31)24-20-6-2-3-7-22(20)32-27-24)10-4-5-11-29-12-14-30(15-13-29)21-17-33-23-16-18(26)8-9-19(21)23;/h2-3,6-9,16-17H,4-5,10-15H2,1H3;1H. The summed E-state index contributed by atoms with van der Waals surface area (Å²) >= 11 is 1.61. The average Bonchev–Trinajstić information content (AvgIpc) is 3.45. The van der Waals surface area contributed by atoms with Gasteiger partial charge in [-0.1, -0.05) is 17.3 Å². The molecule has 0 unspecified atom stereocenters. The van der Waals surface area contributed by atoms with Crippen molar-refractivity contribution in [3.8, 4) is 0 Å². The molecular formula is C25H28ClFN4O2S. The van der Waals surface area contributed by atoms with Crippen molar-refractivity contribution in [3.05, 3.63) is 59.4 Å². The molecule has 1 saturated heterocycles. The van der Waals surface area contributed by atoms with Crippen LogP contribution in [0.4, 0.5) is 10.1 Å². The van der Waals surface area contributed by atoms with E-state index in [0.29, 0.717) is 17.8 Å². The molecule has 0 spiro atoms. The zero-order valence-corrected chi connectivity index (χ0v) is 20.7. The number of para-hydroxylation sites is 1. The van der Waals surface area contributed by atoms with Crippen LogP contribution in [0.15, 0.2) is 52.4 Å². The van der Waals surface area contributed by atoms with Gasteiger partial charge in [0.1, 0.15) is 5.82 Å². The Hall–Kier alpha value is -2.68. The number of anilines is 1. The van der Waals surface area contributed by atoms with E-state index in [4.69, 9.17) is 4.52 Å². The summed E-state index contributed by atoms with van der Waals surface area (Å²) in [5.41, 5.74) is 2.24. The van der Waals surface area contributed by atoms with Crippen molar-refractivity contribution in [1.29, 1.82) is 0 Å². The number of benzene rings is 2. The Kier molecular flexibility index (Phi) is 7.70. The maximum Gasteiger partial charge on any atom is 0.276 e. The molecule has 2 aromatic carbocycles. The van der Waals surface area contributed by atoms with Crippen LogP contribution in [0.5, 0.6) is 0 Å². The largest absolute Gasteiger partial charge is 0.368 e. The van der Waals surface area contributed by atoms with Gasteiger partial charge < -0.3 is 14.3 Å². The van der Waals surface area contributed by atoms with Gasteiger partial charge >= 0.3 is 0 Å². The maximum absolute atomic E-state index is 13.5. The van der Waals surface area contributed by atoms with Gasteiger partial charge in [0, 0.05) is 55.2 Å². The number of fused-ring (bicyclic) bond motifs is 2. The Balaban J connectivity index is 0.00000274. The monoisotopic (exact) mass is 502 g/mol. The second-order valence-electron chi connectivity index (χ2n) is 8.55. The minimum Gasteiger partial charge on any atom is -0.368 e. The van der Waals surface area contributed by atoms with Crippen molar-refractivity contribution in [2.24, 2.45) is 0 Å². The van der Waals surface area contributed by atoms with Gasteiger partial charge in [-0.15, -0.1) is 23.7 Å². The lowest BCUT2D eigenvalue weighted by atomic mass is 10.2. The first kappa shape index (κ1) is 24.4. The lowest BCUT2D eigenvalue weighted by Gasteiger charge is -2.36. The van der Waals surface area contributed by atoms with Crippen LogP contribution in [0.25, 0.3) is 21.1 Å². The summed E-state index contributed by atoms with van der Waals surface area (Å²) < 4.78 is 19.7. The van der Waals surface area contributed by atoms with E-state index in [1.807, 2.05) is 37.4 Å². The Labute approximate surface area is 208 Å². The second kappa shape index (κ2) is 10.7. The van der Waals surface area contributed by atoms with Gasteiger partial charge in [-0.2, -0.15) is 0 Å². The fourth-order valence-electron chi connectivity index (χ4n) is 4.45. The first-order valence-corrected chi connectivity index (χ1v) is 12.2. The number of nitrogens with zero attached hydrogens (tertiary/aromatic N) is 4. The molecule has 180 valence electrons.